The molecule has 0 spiro atoms. The molecule has 2 N–H and O–H groups in total. The Labute approximate surface area is 171 Å². The van der Waals surface area contributed by atoms with E-state index in [0.29, 0.717) is 43.9 Å². The number of hydrogen-bond acceptors (Lipinski definition) is 8. The van der Waals surface area contributed by atoms with E-state index in [2.05, 4.69) is 0 Å². The Bertz CT molecular complexity index is 1300. The van der Waals surface area contributed by atoms with E-state index in [4.69, 9.17) is 23.7 Å². The molecule has 1 aliphatic carbocycles. The number of benzene rings is 2. The standard InChI is InChI=1S/C22H20O8/c1-26-15-7-5-6-11-9-14-13(21(23)30-22(14,24)25)8-12-10-16(27-2)19(28-3)20(29-4)18(12)17(11)15/h5-10,24-25H,1-4H3. The average Bonchev–Trinajstić information content (AvgIpc) is 2.92. The number of esters is 1. The molecule has 2 aromatic carbocycles. The van der Waals surface area contributed by atoms with Crippen LogP contribution in [0.1, 0.15) is 0 Å². The third-order valence-electron chi connectivity index (χ3n) is 5.08. The van der Waals surface area contributed by atoms with Crippen LogP contribution in [0.3, 0.4) is 0 Å². The van der Waals surface area contributed by atoms with E-state index in [0.717, 1.165) is 0 Å². The number of carbonyl (C=O) groups is 1. The highest BCUT2D eigenvalue weighted by atomic mass is 16.8. The zero-order valence-electron chi connectivity index (χ0n) is 16.8. The average molecular weight is 412 g/mol. The second-order valence-electron chi connectivity index (χ2n) is 6.65. The van der Waals surface area contributed by atoms with Gasteiger partial charge >= 0.3 is 11.9 Å². The van der Waals surface area contributed by atoms with Crippen molar-refractivity contribution in [2.45, 2.75) is 5.97 Å². The summed E-state index contributed by atoms with van der Waals surface area (Å²) >= 11 is 0. The first-order valence-electron chi connectivity index (χ1n) is 8.99. The van der Waals surface area contributed by atoms with Crippen molar-refractivity contribution in [3.63, 3.8) is 0 Å². The SMILES string of the molecule is COc1cc2c(c(OC)c1OC)=c1c(OC)cccc1=CC1=C(C=2)C(=O)OC1(O)O. The van der Waals surface area contributed by atoms with Crippen molar-refractivity contribution >= 4 is 18.1 Å². The van der Waals surface area contributed by atoms with Gasteiger partial charge in [-0.25, -0.2) is 4.79 Å². The Morgan fingerprint density at radius 3 is 2.17 bits per heavy atom. The first-order chi connectivity index (χ1) is 14.4. The molecule has 0 saturated carbocycles. The highest BCUT2D eigenvalue weighted by Gasteiger charge is 2.43. The van der Waals surface area contributed by atoms with Crippen LogP contribution in [0.2, 0.25) is 0 Å². The van der Waals surface area contributed by atoms with Crippen LogP contribution in [0.15, 0.2) is 35.4 Å². The summed E-state index contributed by atoms with van der Waals surface area (Å²) in [4.78, 5) is 12.4. The van der Waals surface area contributed by atoms with Crippen LogP contribution < -0.4 is 29.4 Å². The third-order valence-corrected chi connectivity index (χ3v) is 5.08. The lowest BCUT2D eigenvalue weighted by molar-refractivity contribution is -0.280. The van der Waals surface area contributed by atoms with Crippen LogP contribution in [-0.2, 0) is 9.53 Å². The molecule has 1 aliphatic heterocycles. The van der Waals surface area contributed by atoms with Crippen LogP contribution in [0.5, 0.6) is 23.0 Å². The number of hydrogen-bond donors (Lipinski definition) is 2. The van der Waals surface area contributed by atoms with Crippen molar-refractivity contribution in [1.29, 1.82) is 0 Å². The van der Waals surface area contributed by atoms with Crippen LogP contribution >= 0.6 is 0 Å². The van der Waals surface area contributed by atoms with Gasteiger partial charge in [0.25, 0.3) is 0 Å². The minimum atomic E-state index is -2.75. The smallest absolute Gasteiger partial charge is 0.354 e. The van der Waals surface area contributed by atoms with E-state index in [1.807, 2.05) is 0 Å². The molecule has 0 unspecified atom stereocenters. The summed E-state index contributed by atoms with van der Waals surface area (Å²) in [5.41, 5.74) is -0.0783. The molecule has 30 heavy (non-hydrogen) atoms. The lowest BCUT2D eigenvalue weighted by Crippen LogP contribution is -2.31. The Kier molecular flexibility index (Phi) is 4.68. The molecule has 1 heterocycles. The molecule has 2 aromatic rings. The Morgan fingerprint density at radius 2 is 1.53 bits per heavy atom. The van der Waals surface area contributed by atoms with Gasteiger partial charge in [-0.2, -0.15) is 0 Å². The van der Waals surface area contributed by atoms with Gasteiger partial charge in [0.2, 0.25) is 5.75 Å². The van der Waals surface area contributed by atoms with Crippen molar-refractivity contribution in [3.8, 4) is 23.0 Å². The molecule has 0 atom stereocenters. The number of carbonyl (C=O) groups excluding carboxylic acids is 1. The monoisotopic (exact) mass is 412 g/mol. The van der Waals surface area contributed by atoms with Crippen LogP contribution in [-0.4, -0.2) is 50.6 Å². The fraction of sp³-hybridized carbons (Fsp3) is 0.227. The Morgan fingerprint density at radius 1 is 0.833 bits per heavy atom. The van der Waals surface area contributed by atoms with Gasteiger partial charge in [-0.1, -0.05) is 12.1 Å². The predicted octanol–water partition coefficient (Wildman–Crippen LogP) is 0.0744. The summed E-state index contributed by atoms with van der Waals surface area (Å²) in [7, 11) is 6.00. The van der Waals surface area contributed by atoms with Crippen LogP contribution in [0, 0.1) is 10.4 Å². The van der Waals surface area contributed by atoms with Gasteiger partial charge in [0.1, 0.15) is 5.75 Å². The number of cyclic esters (lactones) is 1. The quantitative estimate of drug-likeness (QED) is 0.537. The lowest BCUT2D eigenvalue weighted by atomic mass is 9.99. The highest BCUT2D eigenvalue weighted by molar-refractivity contribution is 6.03. The molecular formula is C22H20O8. The zero-order valence-corrected chi connectivity index (χ0v) is 16.8. The molecular weight excluding hydrogens is 392 g/mol. The van der Waals surface area contributed by atoms with Gasteiger partial charge in [-0.05, 0) is 34.7 Å². The van der Waals surface area contributed by atoms with Gasteiger partial charge in [-0.15, -0.1) is 0 Å². The lowest BCUT2D eigenvalue weighted by Gasteiger charge is -2.16. The van der Waals surface area contributed by atoms with Gasteiger partial charge in [0.15, 0.2) is 11.5 Å². The molecule has 0 fully saturated rings. The van der Waals surface area contributed by atoms with Crippen molar-refractivity contribution in [1.82, 2.24) is 0 Å². The molecule has 0 saturated heterocycles. The molecule has 0 bridgehead atoms. The maximum Gasteiger partial charge on any atom is 0.354 e. The van der Waals surface area contributed by atoms with E-state index in [1.165, 1.54) is 40.6 Å². The van der Waals surface area contributed by atoms with Crippen molar-refractivity contribution in [2.24, 2.45) is 0 Å². The summed E-state index contributed by atoms with van der Waals surface area (Å²) in [6, 6.07) is 6.95. The van der Waals surface area contributed by atoms with E-state index in [9.17, 15) is 15.0 Å². The molecule has 8 nitrogen and oxygen atoms in total. The Hall–Kier alpha value is -3.49. The fourth-order valence-corrected chi connectivity index (χ4v) is 3.80. The third kappa shape index (κ3) is 2.80. The first kappa shape index (κ1) is 19.8. The molecule has 0 aromatic heterocycles. The second-order valence-corrected chi connectivity index (χ2v) is 6.65. The Balaban J connectivity index is 2.39. The van der Waals surface area contributed by atoms with E-state index < -0.39 is 11.9 Å². The summed E-state index contributed by atoms with van der Waals surface area (Å²) in [5, 5.41) is 22.8. The van der Waals surface area contributed by atoms with Crippen molar-refractivity contribution in [2.75, 3.05) is 28.4 Å². The molecule has 0 radical (unpaired) electrons. The number of aliphatic hydroxyl groups is 2. The summed E-state index contributed by atoms with van der Waals surface area (Å²) < 4.78 is 27.0. The molecule has 8 heteroatoms. The summed E-state index contributed by atoms with van der Waals surface area (Å²) in [5.74, 6) is -1.99. The molecule has 4 rings (SSSR count). The van der Waals surface area contributed by atoms with Gasteiger partial charge < -0.3 is 33.9 Å². The molecule has 2 aliphatic rings. The molecule has 156 valence electrons. The zero-order chi connectivity index (χ0) is 21.6. The van der Waals surface area contributed by atoms with Gasteiger partial charge in [0, 0.05) is 10.4 Å². The first-order valence-corrected chi connectivity index (χ1v) is 8.99. The van der Waals surface area contributed by atoms with Crippen molar-refractivity contribution in [3.05, 3.63) is 56.3 Å². The maximum absolute atomic E-state index is 12.4. The van der Waals surface area contributed by atoms with Crippen LogP contribution in [0.4, 0.5) is 0 Å². The van der Waals surface area contributed by atoms with E-state index >= 15 is 0 Å². The summed E-state index contributed by atoms with van der Waals surface area (Å²) in [6.07, 6.45) is 2.98. The minimum Gasteiger partial charge on any atom is -0.496 e. The number of methoxy groups -OCH3 is 4. The van der Waals surface area contributed by atoms with Gasteiger partial charge in [-0.3, -0.25) is 0 Å². The number of fused-ring (bicyclic) bond motifs is 2. The van der Waals surface area contributed by atoms with E-state index in [1.54, 1.807) is 24.3 Å². The number of rotatable bonds is 4. The van der Waals surface area contributed by atoms with Crippen molar-refractivity contribution < 1.29 is 38.7 Å². The summed E-state index contributed by atoms with van der Waals surface area (Å²) in [6.45, 7) is 0. The maximum atomic E-state index is 12.4. The predicted molar refractivity (Wildman–Crippen MR) is 105 cm³/mol. The second kappa shape index (κ2) is 7.08. The van der Waals surface area contributed by atoms with Gasteiger partial charge in [0.05, 0.1) is 39.6 Å². The normalized spacial score (nSPS) is 16.0. The fourth-order valence-electron chi connectivity index (χ4n) is 3.80. The van der Waals surface area contributed by atoms with E-state index in [-0.39, 0.29) is 11.1 Å². The largest absolute Gasteiger partial charge is 0.496 e. The highest BCUT2D eigenvalue weighted by Crippen LogP contribution is 2.38. The minimum absolute atomic E-state index is 0.00370. The molecule has 0 amide bonds. The number of ether oxygens (including phenoxy) is 5. The van der Waals surface area contributed by atoms with Crippen LogP contribution in [0.25, 0.3) is 12.2 Å². The topological polar surface area (TPSA) is 104 Å².